The third kappa shape index (κ3) is 3.30. The first-order valence-electron chi connectivity index (χ1n) is 7.34. The van der Waals surface area contributed by atoms with E-state index in [4.69, 9.17) is 10.5 Å². The van der Waals surface area contributed by atoms with Gasteiger partial charge in [-0.3, -0.25) is 0 Å². The molecule has 0 spiro atoms. The summed E-state index contributed by atoms with van der Waals surface area (Å²) in [5.41, 5.74) is 10.0. The molecule has 0 saturated carbocycles. The van der Waals surface area contributed by atoms with Gasteiger partial charge in [-0.05, 0) is 54.7 Å². The maximum Gasteiger partial charge on any atom is 0.122 e. The van der Waals surface area contributed by atoms with Crippen LogP contribution in [0.4, 0.5) is 0 Å². The van der Waals surface area contributed by atoms with Gasteiger partial charge in [0.15, 0.2) is 0 Å². The van der Waals surface area contributed by atoms with Gasteiger partial charge < -0.3 is 10.5 Å². The highest BCUT2D eigenvalue weighted by atomic mass is 79.9. The molecule has 1 atom stereocenters. The quantitative estimate of drug-likeness (QED) is 0.901. The lowest BCUT2D eigenvalue weighted by Gasteiger charge is -2.25. The van der Waals surface area contributed by atoms with Gasteiger partial charge in [0.05, 0.1) is 6.61 Å². The lowest BCUT2D eigenvalue weighted by molar-refractivity contribution is 0.357. The Bertz CT molecular complexity index is 651. The molecule has 2 N–H and O–H groups in total. The number of ether oxygens (including phenoxy) is 1. The third-order valence-corrected chi connectivity index (χ3v) is 4.66. The number of halogens is 1. The molecule has 110 valence electrons. The Morgan fingerprint density at radius 1 is 1.24 bits per heavy atom. The van der Waals surface area contributed by atoms with Crippen molar-refractivity contribution in [2.45, 2.75) is 31.7 Å². The van der Waals surface area contributed by atoms with Crippen molar-refractivity contribution in [3.63, 3.8) is 0 Å². The van der Waals surface area contributed by atoms with Gasteiger partial charge in [-0.2, -0.15) is 0 Å². The van der Waals surface area contributed by atoms with Crippen molar-refractivity contribution in [2.24, 2.45) is 5.73 Å². The van der Waals surface area contributed by atoms with Crippen molar-refractivity contribution in [3.8, 4) is 5.75 Å². The molecule has 3 rings (SSSR count). The summed E-state index contributed by atoms with van der Waals surface area (Å²) in [5.74, 6) is 1.04. The predicted octanol–water partition coefficient (Wildman–Crippen LogP) is 4.19. The molecule has 1 unspecified atom stereocenters. The van der Waals surface area contributed by atoms with E-state index in [1.807, 2.05) is 12.1 Å². The highest BCUT2D eigenvalue weighted by Gasteiger charge is 2.21. The minimum atomic E-state index is -0.320. The number of hydrogen-bond acceptors (Lipinski definition) is 2. The summed E-state index contributed by atoms with van der Waals surface area (Å²) in [6.07, 6.45) is 2.92. The van der Waals surface area contributed by atoms with Crippen molar-refractivity contribution in [3.05, 3.63) is 63.6 Å². The molecule has 2 aromatic carbocycles. The fourth-order valence-corrected chi connectivity index (χ4v) is 3.19. The molecule has 2 aromatic rings. The number of nitrogens with two attached hydrogens (primary N) is 1. The van der Waals surface area contributed by atoms with Gasteiger partial charge in [0.2, 0.25) is 0 Å². The summed E-state index contributed by atoms with van der Waals surface area (Å²) in [4.78, 5) is 0. The number of benzene rings is 2. The molecule has 3 heteroatoms. The average Bonchev–Trinajstić information content (AvgIpc) is 2.93. The summed E-state index contributed by atoms with van der Waals surface area (Å²) in [6.45, 7) is 2.91. The van der Waals surface area contributed by atoms with E-state index >= 15 is 0 Å². The maximum absolute atomic E-state index is 6.52. The lowest BCUT2D eigenvalue weighted by Crippen LogP contribution is -2.33. The van der Waals surface area contributed by atoms with Crippen LogP contribution in [0.3, 0.4) is 0 Å². The molecule has 0 saturated heterocycles. The number of rotatable bonds is 4. The number of hydrogen-bond donors (Lipinski definition) is 1. The summed E-state index contributed by atoms with van der Waals surface area (Å²) in [5, 5.41) is 0. The zero-order chi connectivity index (χ0) is 14.9. The summed E-state index contributed by atoms with van der Waals surface area (Å²) < 4.78 is 6.63. The average molecular weight is 346 g/mol. The van der Waals surface area contributed by atoms with Gasteiger partial charge in [-0.25, -0.2) is 0 Å². The zero-order valence-corrected chi connectivity index (χ0v) is 13.8. The minimum Gasteiger partial charge on any atom is -0.493 e. The second-order valence-corrected chi connectivity index (χ2v) is 6.88. The van der Waals surface area contributed by atoms with Crippen LogP contribution in [0.15, 0.2) is 46.9 Å². The molecule has 2 nitrogen and oxygen atoms in total. The van der Waals surface area contributed by atoms with E-state index in [1.165, 1.54) is 16.7 Å². The molecule has 1 aliphatic rings. The normalized spacial score (nSPS) is 16.1. The first-order valence-corrected chi connectivity index (χ1v) is 8.13. The Balaban J connectivity index is 1.71. The summed E-state index contributed by atoms with van der Waals surface area (Å²) >= 11 is 3.51. The van der Waals surface area contributed by atoms with E-state index in [0.29, 0.717) is 0 Å². The molecular weight excluding hydrogens is 326 g/mol. The van der Waals surface area contributed by atoms with Crippen LogP contribution < -0.4 is 10.5 Å². The Kier molecular flexibility index (Phi) is 4.05. The van der Waals surface area contributed by atoms with Gasteiger partial charge in [-0.1, -0.05) is 40.2 Å². The Morgan fingerprint density at radius 3 is 2.90 bits per heavy atom. The molecule has 0 bridgehead atoms. The van der Waals surface area contributed by atoms with Crippen molar-refractivity contribution < 1.29 is 4.74 Å². The van der Waals surface area contributed by atoms with E-state index in [0.717, 1.165) is 36.1 Å². The van der Waals surface area contributed by atoms with E-state index in [-0.39, 0.29) is 5.54 Å². The van der Waals surface area contributed by atoms with Crippen LogP contribution >= 0.6 is 15.9 Å². The molecule has 21 heavy (non-hydrogen) atoms. The molecule has 1 heterocycles. The van der Waals surface area contributed by atoms with Crippen LogP contribution in [0, 0.1) is 0 Å². The molecule has 0 radical (unpaired) electrons. The van der Waals surface area contributed by atoms with Gasteiger partial charge in [0, 0.05) is 16.4 Å². The second kappa shape index (κ2) is 5.82. The molecule has 0 fully saturated rings. The van der Waals surface area contributed by atoms with Gasteiger partial charge in [0.25, 0.3) is 0 Å². The lowest BCUT2D eigenvalue weighted by atomic mass is 9.87. The fraction of sp³-hybridized carbons (Fsp3) is 0.333. The molecule has 0 amide bonds. The Morgan fingerprint density at radius 2 is 2.10 bits per heavy atom. The first-order chi connectivity index (χ1) is 10.0. The SMILES string of the molecule is CC(N)(CCc1ccc2c(c1)CCO2)c1cccc(Br)c1. The van der Waals surface area contributed by atoms with Gasteiger partial charge >= 0.3 is 0 Å². The molecular formula is C18H20BrNO. The van der Waals surface area contributed by atoms with E-state index < -0.39 is 0 Å². The topological polar surface area (TPSA) is 35.2 Å². The Labute approximate surface area is 134 Å². The van der Waals surface area contributed by atoms with Crippen LogP contribution in [0.1, 0.15) is 30.0 Å². The van der Waals surface area contributed by atoms with Crippen molar-refractivity contribution in [1.82, 2.24) is 0 Å². The van der Waals surface area contributed by atoms with Gasteiger partial charge in [-0.15, -0.1) is 0 Å². The van der Waals surface area contributed by atoms with E-state index in [9.17, 15) is 0 Å². The van der Waals surface area contributed by atoms with E-state index in [2.05, 4.69) is 53.2 Å². The van der Waals surface area contributed by atoms with Crippen LogP contribution in [0.5, 0.6) is 5.75 Å². The first kappa shape index (κ1) is 14.6. The predicted molar refractivity (Wildman–Crippen MR) is 89.6 cm³/mol. The molecule has 1 aliphatic heterocycles. The van der Waals surface area contributed by atoms with Crippen LogP contribution in [0.2, 0.25) is 0 Å². The maximum atomic E-state index is 6.52. The summed E-state index contributed by atoms with van der Waals surface area (Å²) in [7, 11) is 0. The van der Waals surface area contributed by atoms with Crippen LogP contribution in [-0.4, -0.2) is 6.61 Å². The Hall–Kier alpha value is -1.32. The zero-order valence-electron chi connectivity index (χ0n) is 12.2. The van der Waals surface area contributed by atoms with Crippen LogP contribution in [0.25, 0.3) is 0 Å². The second-order valence-electron chi connectivity index (χ2n) is 5.97. The fourth-order valence-electron chi connectivity index (χ4n) is 2.79. The van der Waals surface area contributed by atoms with Crippen LogP contribution in [-0.2, 0) is 18.4 Å². The largest absolute Gasteiger partial charge is 0.493 e. The standard InChI is InChI=1S/C18H20BrNO/c1-18(20,15-3-2-4-16(19)12-15)9-7-13-5-6-17-14(11-13)8-10-21-17/h2-6,11-12H,7-10,20H2,1H3. The molecule has 0 aromatic heterocycles. The highest BCUT2D eigenvalue weighted by Crippen LogP contribution is 2.29. The number of fused-ring (bicyclic) bond motifs is 1. The highest BCUT2D eigenvalue weighted by molar-refractivity contribution is 9.10. The van der Waals surface area contributed by atoms with E-state index in [1.54, 1.807) is 0 Å². The number of aryl methyl sites for hydroxylation is 1. The summed E-state index contributed by atoms with van der Waals surface area (Å²) in [6, 6.07) is 14.8. The van der Waals surface area contributed by atoms with Crippen molar-refractivity contribution in [1.29, 1.82) is 0 Å². The molecule has 0 aliphatic carbocycles. The minimum absolute atomic E-state index is 0.320. The third-order valence-electron chi connectivity index (χ3n) is 4.17. The monoisotopic (exact) mass is 345 g/mol. The van der Waals surface area contributed by atoms with Crippen molar-refractivity contribution >= 4 is 15.9 Å². The smallest absolute Gasteiger partial charge is 0.122 e. The van der Waals surface area contributed by atoms with Gasteiger partial charge in [0.1, 0.15) is 5.75 Å². The van der Waals surface area contributed by atoms with Crippen molar-refractivity contribution in [2.75, 3.05) is 6.61 Å².